The van der Waals surface area contributed by atoms with Crippen LogP contribution in [0.2, 0.25) is 0 Å². The molecule has 3 aromatic carbocycles. The lowest BCUT2D eigenvalue weighted by atomic mass is 9.94. The number of carbonyl (C=O) groups excluding carboxylic acids is 2. The molecule has 1 saturated carbocycles. The number of hydrogen-bond donors (Lipinski definition) is 1. The van der Waals surface area contributed by atoms with E-state index < -0.39 is 6.04 Å². The highest BCUT2D eigenvalue weighted by Gasteiger charge is 2.36. The quantitative estimate of drug-likeness (QED) is 0.338. The van der Waals surface area contributed by atoms with Crippen molar-refractivity contribution in [1.82, 2.24) is 14.9 Å². The standard InChI is InChI=1S/C29H28N4O2S/c34-28(30-23-16-8-3-9-17-23)27(22-14-6-2-7-15-22)33(29(35)25-20-36-32-31-25)26-19-11-10-18-24(26)21-12-4-1-5-13-21/h1-2,4-7,10-15,18-20,23,27H,3,8-9,16-17H2,(H,30,34)/t27-/m0/s1. The van der Waals surface area contributed by atoms with Crippen LogP contribution in [0.15, 0.2) is 90.3 Å². The number of para-hydroxylation sites is 1. The SMILES string of the molecule is O=C(NC1CCCCC1)[C@H](c1ccccc1)N(C(=O)c1csnn1)c1ccccc1-c1ccccc1. The topological polar surface area (TPSA) is 75.2 Å². The van der Waals surface area contributed by atoms with E-state index >= 15 is 0 Å². The Morgan fingerprint density at radius 1 is 0.861 bits per heavy atom. The lowest BCUT2D eigenvalue weighted by Gasteiger charge is -2.34. The third kappa shape index (κ3) is 5.21. The molecule has 182 valence electrons. The van der Waals surface area contributed by atoms with Crippen molar-refractivity contribution in [2.75, 3.05) is 4.90 Å². The van der Waals surface area contributed by atoms with Gasteiger partial charge in [0, 0.05) is 17.0 Å². The normalized spacial score (nSPS) is 14.7. The zero-order chi connectivity index (χ0) is 24.7. The first-order valence-electron chi connectivity index (χ1n) is 12.3. The molecule has 0 radical (unpaired) electrons. The lowest BCUT2D eigenvalue weighted by Crippen LogP contribution is -2.47. The molecule has 1 aromatic heterocycles. The van der Waals surface area contributed by atoms with Gasteiger partial charge in [0.2, 0.25) is 5.91 Å². The van der Waals surface area contributed by atoms with Crippen molar-refractivity contribution < 1.29 is 9.59 Å². The summed E-state index contributed by atoms with van der Waals surface area (Å²) < 4.78 is 3.91. The third-order valence-corrected chi connectivity index (χ3v) is 7.12. The molecule has 0 spiro atoms. The molecule has 6 nitrogen and oxygen atoms in total. The number of rotatable bonds is 7. The van der Waals surface area contributed by atoms with Gasteiger partial charge in [-0.1, -0.05) is 103 Å². The Kier molecular flexibility index (Phi) is 7.47. The van der Waals surface area contributed by atoms with Crippen molar-refractivity contribution in [2.24, 2.45) is 0 Å². The van der Waals surface area contributed by atoms with Gasteiger partial charge in [-0.25, -0.2) is 0 Å². The van der Waals surface area contributed by atoms with Gasteiger partial charge in [0.15, 0.2) is 5.69 Å². The van der Waals surface area contributed by atoms with Crippen molar-refractivity contribution in [2.45, 2.75) is 44.2 Å². The Morgan fingerprint density at radius 2 is 1.53 bits per heavy atom. The number of aromatic nitrogens is 2. The van der Waals surface area contributed by atoms with Crippen LogP contribution in [0.25, 0.3) is 11.1 Å². The summed E-state index contributed by atoms with van der Waals surface area (Å²) in [4.78, 5) is 29.7. The molecule has 2 amide bonds. The first-order valence-corrected chi connectivity index (χ1v) is 13.2. The van der Waals surface area contributed by atoms with Crippen LogP contribution in [0.1, 0.15) is 54.2 Å². The van der Waals surface area contributed by atoms with E-state index in [9.17, 15) is 9.59 Å². The van der Waals surface area contributed by atoms with Crippen molar-refractivity contribution in [1.29, 1.82) is 0 Å². The molecule has 1 atom stereocenters. The van der Waals surface area contributed by atoms with Crippen LogP contribution in [0.5, 0.6) is 0 Å². The molecule has 4 aromatic rings. The van der Waals surface area contributed by atoms with Crippen molar-refractivity contribution in [3.05, 3.63) is 102 Å². The van der Waals surface area contributed by atoms with Gasteiger partial charge in [0.1, 0.15) is 6.04 Å². The molecule has 0 saturated heterocycles. The summed E-state index contributed by atoms with van der Waals surface area (Å²) in [5, 5.41) is 8.95. The van der Waals surface area contributed by atoms with Gasteiger partial charge >= 0.3 is 0 Å². The van der Waals surface area contributed by atoms with Crippen LogP contribution in [0, 0.1) is 0 Å². The maximum atomic E-state index is 14.1. The fourth-order valence-electron chi connectivity index (χ4n) is 4.87. The second-order valence-electron chi connectivity index (χ2n) is 9.01. The maximum absolute atomic E-state index is 14.1. The molecule has 5 rings (SSSR count). The minimum Gasteiger partial charge on any atom is -0.351 e. The van der Waals surface area contributed by atoms with Gasteiger partial charge < -0.3 is 5.32 Å². The Hall–Kier alpha value is -3.84. The summed E-state index contributed by atoms with van der Waals surface area (Å²) >= 11 is 1.12. The Morgan fingerprint density at radius 3 is 2.22 bits per heavy atom. The molecule has 1 aliphatic rings. The molecule has 0 aliphatic heterocycles. The summed E-state index contributed by atoms with van der Waals surface area (Å²) in [5.41, 5.74) is 3.43. The van der Waals surface area contributed by atoms with Gasteiger partial charge in [-0.2, -0.15) is 0 Å². The highest BCUT2D eigenvalue weighted by atomic mass is 32.1. The van der Waals surface area contributed by atoms with Crippen molar-refractivity contribution in [3.8, 4) is 11.1 Å². The summed E-state index contributed by atoms with van der Waals surface area (Å²) in [6.07, 6.45) is 5.31. The maximum Gasteiger partial charge on any atom is 0.280 e. The molecule has 1 aliphatic carbocycles. The predicted molar refractivity (Wildman–Crippen MR) is 143 cm³/mol. The molecule has 7 heteroatoms. The molecular weight excluding hydrogens is 468 g/mol. The van der Waals surface area contributed by atoms with E-state index in [0.29, 0.717) is 5.69 Å². The Bertz CT molecular complexity index is 1290. The molecule has 1 N–H and O–H groups in total. The highest BCUT2D eigenvalue weighted by molar-refractivity contribution is 7.03. The van der Waals surface area contributed by atoms with Crippen molar-refractivity contribution >= 4 is 29.0 Å². The van der Waals surface area contributed by atoms with Gasteiger partial charge in [-0.05, 0) is 41.6 Å². The van der Waals surface area contributed by atoms with Crippen LogP contribution >= 0.6 is 11.5 Å². The number of nitrogens with zero attached hydrogens (tertiary/aromatic N) is 3. The van der Waals surface area contributed by atoms with Gasteiger partial charge in [-0.15, -0.1) is 5.10 Å². The van der Waals surface area contributed by atoms with Crippen LogP contribution in [-0.4, -0.2) is 27.4 Å². The fourth-order valence-corrected chi connectivity index (χ4v) is 5.30. The van der Waals surface area contributed by atoms with Crippen LogP contribution in [-0.2, 0) is 4.79 Å². The summed E-state index contributed by atoms with van der Waals surface area (Å²) in [6, 6.07) is 26.3. The fraction of sp³-hybridized carbons (Fsp3) is 0.241. The number of nitrogens with one attached hydrogen (secondary N) is 1. The highest BCUT2D eigenvalue weighted by Crippen LogP contribution is 2.37. The molecule has 0 bridgehead atoms. The van der Waals surface area contributed by atoms with E-state index in [4.69, 9.17) is 0 Å². The number of hydrogen-bond acceptors (Lipinski definition) is 5. The van der Waals surface area contributed by atoms with E-state index in [1.807, 2.05) is 84.9 Å². The molecule has 36 heavy (non-hydrogen) atoms. The smallest absolute Gasteiger partial charge is 0.280 e. The molecule has 1 heterocycles. The minimum atomic E-state index is -0.868. The van der Waals surface area contributed by atoms with Gasteiger partial charge in [0.05, 0.1) is 5.69 Å². The zero-order valence-corrected chi connectivity index (χ0v) is 20.7. The Labute approximate surface area is 215 Å². The number of amides is 2. The lowest BCUT2D eigenvalue weighted by molar-refractivity contribution is -0.123. The van der Waals surface area contributed by atoms with E-state index in [0.717, 1.165) is 53.9 Å². The van der Waals surface area contributed by atoms with Crippen LogP contribution in [0.4, 0.5) is 5.69 Å². The first kappa shape index (κ1) is 23.9. The van der Waals surface area contributed by atoms with E-state index in [2.05, 4.69) is 14.9 Å². The van der Waals surface area contributed by atoms with Gasteiger partial charge in [0.25, 0.3) is 5.91 Å². The number of carbonyl (C=O) groups is 2. The molecule has 0 unspecified atom stereocenters. The summed E-state index contributed by atoms with van der Waals surface area (Å²) in [7, 11) is 0. The minimum absolute atomic E-state index is 0.111. The second-order valence-corrected chi connectivity index (χ2v) is 9.62. The predicted octanol–water partition coefficient (Wildman–Crippen LogP) is 6.04. The van der Waals surface area contributed by atoms with Crippen LogP contribution in [0.3, 0.4) is 0 Å². The third-order valence-electron chi connectivity index (χ3n) is 6.62. The second kappa shape index (κ2) is 11.3. The van der Waals surface area contributed by atoms with E-state index in [1.165, 1.54) is 6.42 Å². The zero-order valence-electron chi connectivity index (χ0n) is 19.9. The monoisotopic (exact) mass is 496 g/mol. The number of benzene rings is 3. The average molecular weight is 497 g/mol. The van der Waals surface area contributed by atoms with E-state index in [1.54, 1.807) is 10.3 Å². The first-order chi connectivity index (χ1) is 17.7. The van der Waals surface area contributed by atoms with Gasteiger partial charge in [-0.3, -0.25) is 14.5 Å². The molecule has 1 fully saturated rings. The van der Waals surface area contributed by atoms with E-state index in [-0.39, 0.29) is 23.6 Å². The largest absolute Gasteiger partial charge is 0.351 e. The number of anilines is 1. The van der Waals surface area contributed by atoms with Crippen LogP contribution < -0.4 is 10.2 Å². The summed E-state index contributed by atoms with van der Waals surface area (Å²) in [6.45, 7) is 0. The van der Waals surface area contributed by atoms with Crippen molar-refractivity contribution in [3.63, 3.8) is 0 Å². The summed E-state index contributed by atoms with van der Waals surface area (Å²) in [5.74, 6) is -0.549. The average Bonchev–Trinajstić information content (AvgIpc) is 3.48. The molecular formula is C29H28N4O2S. The Balaban J connectivity index is 1.65.